The van der Waals surface area contributed by atoms with Gasteiger partial charge in [-0.2, -0.15) is 0 Å². The lowest BCUT2D eigenvalue weighted by molar-refractivity contribution is -0.384. The molecule has 21 heavy (non-hydrogen) atoms. The maximum Gasteiger partial charge on any atom is 0.269 e. The van der Waals surface area contributed by atoms with Crippen molar-refractivity contribution in [3.05, 3.63) is 62.1 Å². The molecule has 0 unspecified atom stereocenters. The van der Waals surface area contributed by atoms with E-state index in [1.165, 1.54) is 46.7 Å². The maximum absolute atomic E-state index is 12.1. The topological polar surface area (TPSA) is 98.3 Å². The fourth-order valence-electron chi connectivity index (χ4n) is 2.30. The molecule has 0 amide bonds. The summed E-state index contributed by atoms with van der Waals surface area (Å²) in [5.41, 5.74) is -0.933. The molecule has 8 heteroatoms. The minimum absolute atomic E-state index is 0.0670. The molecule has 0 radical (unpaired) electrons. The zero-order valence-corrected chi connectivity index (χ0v) is 11.8. The van der Waals surface area contributed by atoms with Gasteiger partial charge >= 0.3 is 0 Å². The molecule has 2 heterocycles. The van der Waals surface area contributed by atoms with E-state index in [-0.39, 0.29) is 17.0 Å². The lowest BCUT2D eigenvalue weighted by Crippen LogP contribution is -2.41. The fraction of sp³-hybridized carbons (Fsp3) is 0.231. The van der Waals surface area contributed by atoms with Crippen LogP contribution in [0, 0.1) is 17.0 Å². The second-order valence-electron chi connectivity index (χ2n) is 4.76. The second-order valence-corrected chi connectivity index (χ2v) is 5.71. The number of thioether (sulfide) groups is 1. The van der Waals surface area contributed by atoms with E-state index in [9.17, 15) is 20.0 Å². The Balaban J connectivity index is 2.13. The second kappa shape index (κ2) is 4.68. The number of nitrogens with zero attached hydrogens (tertiary/aromatic N) is 3. The molecular weight excluding hydrogens is 294 g/mol. The Labute approximate surface area is 123 Å². The third kappa shape index (κ3) is 2.12. The predicted octanol–water partition coefficient (Wildman–Crippen LogP) is 1.26. The van der Waals surface area contributed by atoms with E-state index < -0.39 is 10.6 Å². The quantitative estimate of drug-likeness (QED) is 0.509. The molecule has 3 rings (SSSR count). The highest BCUT2D eigenvalue weighted by Crippen LogP contribution is 2.38. The number of aliphatic hydroxyl groups is 1. The molecule has 0 fully saturated rings. The normalized spacial score (nSPS) is 20.3. The third-order valence-electron chi connectivity index (χ3n) is 3.33. The van der Waals surface area contributed by atoms with Crippen molar-refractivity contribution in [2.75, 3.05) is 5.75 Å². The molecule has 1 aliphatic heterocycles. The Morgan fingerprint density at radius 2 is 2.10 bits per heavy atom. The van der Waals surface area contributed by atoms with E-state index in [1.54, 1.807) is 6.92 Å². The molecule has 2 aromatic rings. The van der Waals surface area contributed by atoms with Crippen molar-refractivity contribution in [1.82, 2.24) is 9.55 Å². The monoisotopic (exact) mass is 305 g/mol. The van der Waals surface area contributed by atoms with Gasteiger partial charge in [0.1, 0.15) is 0 Å². The Kier molecular flexibility index (Phi) is 3.07. The SMILES string of the molecule is Cc1cc(=O)n2c(n1)SC[C@]2(O)c1ccc([N+](=O)[O-])cc1. The van der Waals surface area contributed by atoms with Crippen molar-refractivity contribution in [3.63, 3.8) is 0 Å². The number of aryl methyl sites for hydroxylation is 1. The van der Waals surface area contributed by atoms with E-state index in [2.05, 4.69) is 4.98 Å². The number of hydrogen-bond donors (Lipinski definition) is 1. The molecule has 1 N–H and O–H groups in total. The number of hydrogen-bond acceptors (Lipinski definition) is 6. The van der Waals surface area contributed by atoms with Gasteiger partial charge in [0.2, 0.25) is 0 Å². The summed E-state index contributed by atoms with van der Waals surface area (Å²) in [5, 5.41) is 22.0. The highest BCUT2D eigenvalue weighted by Gasteiger charge is 2.40. The first kappa shape index (κ1) is 13.8. The largest absolute Gasteiger partial charge is 0.366 e. The van der Waals surface area contributed by atoms with E-state index in [0.717, 1.165) is 0 Å². The molecule has 1 atom stereocenters. The molecule has 1 aromatic heterocycles. The van der Waals surface area contributed by atoms with Gasteiger partial charge in [0.05, 0.1) is 10.7 Å². The van der Waals surface area contributed by atoms with Gasteiger partial charge in [-0.1, -0.05) is 11.8 Å². The fourth-order valence-corrected chi connectivity index (χ4v) is 3.50. The van der Waals surface area contributed by atoms with Gasteiger partial charge in [-0.15, -0.1) is 0 Å². The Morgan fingerprint density at radius 3 is 2.71 bits per heavy atom. The average molecular weight is 305 g/mol. The van der Waals surface area contributed by atoms with Gasteiger partial charge in [-0.05, 0) is 19.1 Å². The molecular formula is C13H11N3O4S. The molecule has 0 saturated carbocycles. The van der Waals surface area contributed by atoms with E-state index in [0.29, 0.717) is 16.4 Å². The van der Waals surface area contributed by atoms with Crippen molar-refractivity contribution in [3.8, 4) is 0 Å². The minimum Gasteiger partial charge on any atom is -0.366 e. The maximum atomic E-state index is 12.1. The lowest BCUT2D eigenvalue weighted by Gasteiger charge is -2.24. The Morgan fingerprint density at radius 1 is 1.43 bits per heavy atom. The van der Waals surface area contributed by atoms with Crippen LogP contribution in [0.25, 0.3) is 0 Å². The van der Waals surface area contributed by atoms with Gasteiger partial charge in [-0.3, -0.25) is 19.5 Å². The molecule has 1 aliphatic rings. The highest BCUT2D eigenvalue weighted by molar-refractivity contribution is 7.99. The van der Waals surface area contributed by atoms with Crippen LogP contribution in [-0.4, -0.2) is 25.3 Å². The molecule has 0 spiro atoms. The van der Waals surface area contributed by atoms with Crippen LogP contribution in [0.4, 0.5) is 5.69 Å². The summed E-state index contributed by atoms with van der Waals surface area (Å²) in [5.74, 6) is 0.233. The van der Waals surface area contributed by atoms with Crippen LogP contribution in [0.1, 0.15) is 11.3 Å². The summed E-state index contributed by atoms with van der Waals surface area (Å²) in [4.78, 5) is 26.5. The predicted molar refractivity (Wildman–Crippen MR) is 76.3 cm³/mol. The summed E-state index contributed by atoms with van der Waals surface area (Å²) in [6.07, 6.45) is 0. The van der Waals surface area contributed by atoms with Gasteiger partial charge in [0.25, 0.3) is 11.2 Å². The summed E-state index contributed by atoms with van der Waals surface area (Å²) >= 11 is 1.28. The summed E-state index contributed by atoms with van der Waals surface area (Å²) < 4.78 is 1.23. The smallest absolute Gasteiger partial charge is 0.269 e. The van der Waals surface area contributed by atoms with Gasteiger partial charge < -0.3 is 5.11 Å². The lowest BCUT2D eigenvalue weighted by atomic mass is 10.0. The van der Waals surface area contributed by atoms with Gasteiger partial charge in [0.15, 0.2) is 10.9 Å². The van der Waals surface area contributed by atoms with Crippen LogP contribution in [0.3, 0.4) is 0 Å². The summed E-state index contributed by atoms with van der Waals surface area (Å²) in [7, 11) is 0. The van der Waals surface area contributed by atoms with Crippen molar-refractivity contribution in [1.29, 1.82) is 0 Å². The number of non-ortho nitro benzene ring substituents is 1. The van der Waals surface area contributed by atoms with E-state index in [4.69, 9.17) is 0 Å². The number of nitro groups is 1. The molecule has 7 nitrogen and oxygen atoms in total. The molecule has 108 valence electrons. The van der Waals surface area contributed by atoms with Crippen molar-refractivity contribution in [2.45, 2.75) is 17.8 Å². The first-order chi connectivity index (χ1) is 9.91. The van der Waals surface area contributed by atoms with Gasteiger partial charge in [-0.25, -0.2) is 4.98 Å². The standard InChI is InChI=1S/C13H11N3O4S/c1-8-6-11(17)15-12(14-8)21-7-13(15,18)9-2-4-10(5-3-9)16(19)20/h2-6,18H,7H2,1H3/t13-/m0/s1. The first-order valence-corrected chi connectivity index (χ1v) is 7.12. The van der Waals surface area contributed by atoms with E-state index in [1.807, 2.05) is 0 Å². The van der Waals surface area contributed by atoms with E-state index >= 15 is 0 Å². The molecule has 1 aromatic carbocycles. The number of fused-ring (bicyclic) bond motifs is 1. The molecule has 0 bridgehead atoms. The number of benzene rings is 1. The average Bonchev–Trinajstić information content (AvgIpc) is 2.77. The number of nitro benzene ring substituents is 1. The minimum atomic E-state index is -1.53. The van der Waals surface area contributed by atoms with Crippen LogP contribution >= 0.6 is 11.8 Å². The van der Waals surface area contributed by atoms with Crippen LogP contribution < -0.4 is 5.56 Å². The summed E-state index contributed by atoms with van der Waals surface area (Å²) in [6, 6.07) is 6.89. The highest BCUT2D eigenvalue weighted by atomic mass is 32.2. The first-order valence-electron chi connectivity index (χ1n) is 6.13. The molecule has 0 saturated heterocycles. The van der Waals surface area contributed by atoms with Crippen LogP contribution in [0.15, 0.2) is 40.3 Å². The Bertz CT molecular complexity index is 787. The number of aromatic nitrogens is 2. The van der Waals surface area contributed by atoms with Crippen LogP contribution in [0.2, 0.25) is 0 Å². The Hall–Kier alpha value is -2.19. The number of rotatable bonds is 2. The zero-order chi connectivity index (χ0) is 15.2. The van der Waals surface area contributed by atoms with Crippen LogP contribution in [-0.2, 0) is 5.72 Å². The van der Waals surface area contributed by atoms with Crippen molar-refractivity contribution in [2.24, 2.45) is 0 Å². The summed E-state index contributed by atoms with van der Waals surface area (Å²) in [6.45, 7) is 1.71. The third-order valence-corrected chi connectivity index (χ3v) is 4.41. The van der Waals surface area contributed by atoms with Crippen molar-refractivity contribution >= 4 is 17.4 Å². The van der Waals surface area contributed by atoms with Gasteiger partial charge in [0, 0.05) is 29.5 Å². The molecule has 0 aliphatic carbocycles. The van der Waals surface area contributed by atoms with Crippen molar-refractivity contribution < 1.29 is 10.0 Å². The van der Waals surface area contributed by atoms with Crippen LogP contribution in [0.5, 0.6) is 0 Å². The zero-order valence-electron chi connectivity index (χ0n) is 11.0.